The van der Waals surface area contributed by atoms with E-state index in [0.29, 0.717) is 11.3 Å². The summed E-state index contributed by atoms with van der Waals surface area (Å²) in [6.45, 7) is 12.2. The zero-order chi connectivity index (χ0) is 14.6. The summed E-state index contributed by atoms with van der Waals surface area (Å²) < 4.78 is 2.10. The molecule has 0 aliphatic heterocycles. The molecule has 1 aromatic heterocycles. The van der Waals surface area contributed by atoms with Gasteiger partial charge >= 0.3 is 0 Å². The van der Waals surface area contributed by atoms with Crippen molar-refractivity contribution in [1.29, 1.82) is 0 Å². The number of hydrogen-bond donors (Lipinski definition) is 1. The van der Waals surface area contributed by atoms with Crippen LogP contribution in [0.1, 0.15) is 52.8 Å². The first-order chi connectivity index (χ1) is 9.51. The molecule has 1 fully saturated rings. The van der Waals surface area contributed by atoms with E-state index < -0.39 is 0 Å². The van der Waals surface area contributed by atoms with E-state index >= 15 is 0 Å². The second-order valence-corrected chi connectivity index (χ2v) is 7.31. The van der Waals surface area contributed by atoms with Gasteiger partial charge in [-0.1, -0.05) is 34.1 Å². The van der Waals surface area contributed by atoms with E-state index in [2.05, 4.69) is 47.8 Å². The monoisotopic (exact) mass is 278 g/mol. The molecule has 2 rings (SSSR count). The Balaban J connectivity index is 1.94. The fraction of sp³-hybridized carbons (Fsp3) is 0.875. The minimum atomic E-state index is 0.427. The SMILES string of the molecule is CC(C)CNCC1(Cc2ncnn2CC(C)C)CCC1. The molecule has 0 amide bonds. The summed E-state index contributed by atoms with van der Waals surface area (Å²) in [6, 6.07) is 0. The fourth-order valence-electron chi connectivity index (χ4n) is 2.98. The topological polar surface area (TPSA) is 42.7 Å². The largest absolute Gasteiger partial charge is 0.316 e. The molecule has 114 valence electrons. The van der Waals surface area contributed by atoms with Gasteiger partial charge in [-0.25, -0.2) is 9.67 Å². The Morgan fingerprint density at radius 2 is 2.00 bits per heavy atom. The molecule has 4 heteroatoms. The molecule has 1 aromatic rings. The van der Waals surface area contributed by atoms with Gasteiger partial charge in [0, 0.05) is 19.5 Å². The van der Waals surface area contributed by atoms with Crippen LogP contribution in [0.2, 0.25) is 0 Å². The Hall–Kier alpha value is -0.900. The van der Waals surface area contributed by atoms with Gasteiger partial charge in [-0.05, 0) is 36.6 Å². The standard InChI is InChI=1S/C16H30N4/c1-13(2)9-17-11-16(6-5-7-16)8-15-18-12-19-20(15)10-14(3)4/h12-14,17H,5-11H2,1-4H3. The van der Waals surface area contributed by atoms with Crippen molar-refractivity contribution in [3.8, 4) is 0 Å². The predicted octanol–water partition coefficient (Wildman–Crippen LogP) is 2.89. The van der Waals surface area contributed by atoms with Gasteiger partial charge in [0.2, 0.25) is 0 Å². The van der Waals surface area contributed by atoms with Crippen LogP contribution < -0.4 is 5.32 Å². The Morgan fingerprint density at radius 3 is 2.55 bits per heavy atom. The van der Waals surface area contributed by atoms with E-state index in [0.717, 1.165) is 32.0 Å². The predicted molar refractivity (Wildman–Crippen MR) is 82.6 cm³/mol. The maximum atomic E-state index is 4.50. The summed E-state index contributed by atoms with van der Waals surface area (Å²) in [4.78, 5) is 4.50. The Kier molecular flexibility index (Phi) is 5.19. The van der Waals surface area contributed by atoms with Crippen LogP contribution in [0, 0.1) is 17.3 Å². The summed E-state index contributed by atoms with van der Waals surface area (Å²) in [6.07, 6.45) is 6.80. The van der Waals surface area contributed by atoms with Gasteiger partial charge in [0.1, 0.15) is 12.2 Å². The quantitative estimate of drug-likeness (QED) is 0.795. The van der Waals surface area contributed by atoms with E-state index in [1.165, 1.54) is 25.1 Å². The first-order valence-electron chi connectivity index (χ1n) is 8.08. The summed E-state index contributed by atoms with van der Waals surface area (Å²) in [5.41, 5.74) is 0.427. The van der Waals surface area contributed by atoms with E-state index in [-0.39, 0.29) is 0 Å². The summed E-state index contributed by atoms with van der Waals surface area (Å²) >= 11 is 0. The summed E-state index contributed by atoms with van der Waals surface area (Å²) in [5, 5.41) is 8.04. The molecule has 0 unspecified atom stereocenters. The molecule has 0 saturated heterocycles. The lowest BCUT2D eigenvalue weighted by atomic mass is 9.66. The molecule has 1 aliphatic rings. The van der Waals surface area contributed by atoms with Crippen LogP contribution in [0.3, 0.4) is 0 Å². The highest BCUT2D eigenvalue weighted by atomic mass is 15.3. The lowest BCUT2D eigenvalue weighted by molar-refractivity contribution is 0.123. The Labute approximate surface area is 123 Å². The van der Waals surface area contributed by atoms with Crippen molar-refractivity contribution in [2.24, 2.45) is 17.3 Å². The van der Waals surface area contributed by atoms with E-state index in [9.17, 15) is 0 Å². The van der Waals surface area contributed by atoms with Crippen LogP contribution in [0.4, 0.5) is 0 Å². The van der Waals surface area contributed by atoms with Gasteiger partial charge in [-0.3, -0.25) is 0 Å². The smallest absolute Gasteiger partial charge is 0.138 e. The molecule has 0 spiro atoms. The zero-order valence-corrected chi connectivity index (χ0v) is 13.5. The summed E-state index contributed by atoms with van der Waals surface area (Å²) in [7, 11) is 0. The van der Waals surface area contributed by atoms with Gasteiger partial charge in [-0.15, -0.1) is 0 Å². The molecule has 0 bridgehead atoms. The lowest BCUT2D eigenvalue weighted by Crippen LogP contribution is -2.43. The molecule has 0 atom stereocenters. The number of nitrogens with one attached hydrogen (secondary N) is 1. The average Bonchev–Trinajstić information content (AvgIpc) is 2.71. The first kappa shape index (κ1) is 15.5. The van der Waals surface area contributed by atoms with Gasteiger partial charge < -0.3 is 5.32 Å². The third-order valence-electron chi connectivity index (χ3n) is 4.23. The van der Waals surface area contributed by atoms with Crippen molar-refractivity contribution in [2.75, 3.05) is 13.1 Å². The second kappa shape index (κ2) is 6.70. The molecule has 20 heavy (non-hydrogen) atoms. The summed E-state index contributed by atoms with van der Waals surface area (Å²) in [5.74, 6) is 2.51. The van der Waals surface area contributed by atoms with Crippen LogP contribution in [-0.4, -0.2) is 27.9 Å². The van der Waals surface area contributed by atoms with Crippen molar-refractivity contribution in [3.63, 3.8) is 0 Å². The maximum Gasteiger partial charge on any atom is 0.138 e. The molecular weight excluding hydrogens is 248 g/mol. The number of aromatic nitrogens is 3. The van der Waals surface area contributed by atoms with Crippen LogP contribution in [-0.2, 0) is 13.0 Å². The maximum absolute atomic E-state index is 4.50. The van der Waals surface area contributed by atoms with Crippen LogP contribution in [0.25, 0.3) is 0 Å². The minimum absolute atomic E-state index is 0.427. The number of rotatable bonds is 8. The van der Waals surface area contributed by atoms with Crippen molar-refractivity contribution in [2.45, 2.75) is 59.9 Å². The van der Waals surface area contributed by atoms with Crippen LogP contribution >= 0.6 is 0 Å². The third kappa shape index (κ3) is 4.05. The Morgan fingerprint density at radius 1 is 1.25 bits per heavy atom. The molecule has 0 radical (unpaired) electrons. The molecular formula is C16H30N4. The highest BCUT2D eigenvalue weighted by molar-refractivity contribution is 4.99. The van der Waals surface area contributed by atoms with Crippen molar-refractivity contribution >= 4 is 0 Å². The number of nitrogens with zero attached hydrogens (tertiary/aromatic N) is 3. The molecule has 1 aliphatic carbocycles. The molecule has 1 heterocycles. The van der Waals surface area contributed by atoms with Crippen LogP contribution in [0.15, 0.2) is 6.33 Å². The molecule has 1 N–H and O–H groups in total. The van der Waals surface area contributed by atoms with Gasteiger partial charge in [-0.2, -0.15) is 5.10 Å². The minimum Gasteiger partial charge on any atom is -0.316 e. The van der Waals surface area contributed by atoms with Crippen molar-refractivity contribution in [3.05, 3.63) is 12.2 Å². The second-order valence-electron chi connectivity index (χ2n) is 7.31. The first-order valence-corrected chi connectivity index (χ1v) is 8.08. The highest BCUT2D eigenvalue weighted by Gasteiger charge is 2.38. The zero-order valence-electron chi connectivity index (χ0n) is 13.5. The molecule has 1 saturated carbocycles. The molecule has 4 nitrogen and oxygen atoms in total. The molecule has 0 aromatic carbocycles. The highest BCUT2D eigenvalue weighted by Crippen LogP contribution is 2.42. The van der Waals surface area contributed by atoms with E-state index in [1.54, 1.807) is 6.33 Å². The average molecular weight is 278 g/mol. The normalized spacial score (nSPS) is 17.7. The van der Waals surface area contributed by atoms with Crippen molar-refractivity contribution in [1.82, 2.24) is 20.1 Å². The third-order valence-corrected chi connectivity index (χ3v) is 4.23. The lowest BCUT2D eigenvalue weighted by Gasteiger charge is -2.42. The number of hydrogen-bond acceptors (Lipinski definition) is 3. The van der Waals surface area contributed by atoms with Crippen LogP contribution in [0.5, 0.6) is 0 Å². The fourth-order valence-corrected chi connectivity index (χ4v) is 2.98. The Bertz CT molecular complexity index is 404. The van der Waals surface area contributed by atoms with Crippen molar-refractivity contribution < 1.29 is 0 Å². The van der Waals surface area contributed by atoms with Gasteiger partial charge in [0.25, 0.3) is 0 Å². The van der Waals surface area contributed by atoms with Gasteiger partial charge in [0.15, 0.2) is 0 Å². The van der Waals surface area contributed by atoms with E-state index in [4.69, 9.17) is 0 Å². The van der Waals surface area contributed by atoms with Gasteiger partial charge in [0.05, 0.1) is 0 Å². The van der Waals surface area contributed by atoms with E-state index in [1.807, 2.05) is 0 Å².